The van der Waals surface area contributed by atoms with Crippen molar-refractivity contribution in [2.24, 2.45) is 14.1 Å². The fraction of sp³-hybridized carbons (Fsp3) is 0.400. The Balaban J connectivity index is 2.30. The number of nitrogen functional groups attached to an aromatic ring is 1. The molecule has 86 valence electrons. The van der Waals surface area contributed by atoms with Gasteiger partial charge >= 0.3 is 0 Å². The van der Waals surface area contributed by atoms with E-state index in [1.54, 1.807) is 16.4 Å². The SMILES string of the molecule is CCc1nn(C)c(Sc2cnn(C)c2)c1N. The van der Waals surface area contributed by atoms with Crippen molar-refractivity contribution in [3.63, 3.8) is 0 Å². The van der Waals surface area contributed by atoms with Crippen LogP contribution in [-0.4, -0.2) is 19.6 Å². The topological polar surface area (TPSA) is 61.7 Å². The van der Waals surface area contributed by atoms with Crippen molar-refractivity contribution in [2.75, 3.05) is 5.73 Å². The Morgan fingerprint density at radius 2 is 2.19 bits per heavy atom. The van der Waals surface area contributed by atoms with Crippen LogP contribution < -0.4 is 5.73 Å². The molecule has 0 saturated carbocycles. The molecular weight excluding hydrogens is 222 g/mol. The molecule has 2 aromatic heterocycles. The van der Waals surface area contributed by atoms with Crippen LogP contribution in [0.5, 0.6) is 0 Å². The van der Waals surface area contributed by atoms with E-state index >= 15 is 0 Å². The Bertz CT molecular complexity index is 499. The third kappa shape index (κ3) is 1.92. The fourth-order valence-corrected chi connectivity index (χ4v) is 2.45. The second-order valence-electron chi connectivity index (χ2n) is 3.59. The Hall–Kier alpha value is -1.43. The molecule has 6 heteroatoms. The van der Waals surface area contributed by atoms with Crippen LogP contribution in [0.1, 0.15) is 12.6 Å². The zero-order valence-electron chi connectivity index (χ0n) is 9.64. The standard InChI is InChI=1S/C10H15N5S/c1-4-8-9(11)10(15(3)13-8)16-7-5-12-14(2)6-7/h5-6H,4,11H2,1-3H3. The molecule has 0 unspecified atom stereocenters. The zero-order valence-corrected chi connectivity index (χ0v) is 10.5. The molecule has 0 saturated heterocycles. The van der Waals surface area contributed by atoms with Gasteiger partial charge in [-0.1, -0.05) is 18.7 Å². The number of anilines is 1. The average molecular weight is 237 g/mol. The van der Waals surface area contributed by atoms with Crippen LogP contribution in [0, 0.1) is 0 Å². The van der Waals surface area contributed by atoms with Crippen LogP contribution >= 0.6 is 11.8 Å². The number of nitrogens with two attached hydrogens (primary N) is 1. The maximum absolute atomic E-state index is 6.04. The van der Waals surface area contributed by atoms with Crippen molar-refractivity contribution < 1.29 is 0 Å². The highest BCUT2D eigenvalue weighted by Crippen LogP contribution is 2.33. The first-order valence-corrected chi connectivity index (χ1v) is 5.91. The summed E-state index contributed by atoms with van der Waals surface area (Å²) in [5, 5.41) is 9.48. The van der Waals surface area contributed by atoms with E-state index in [0.717, 1.165) is 27.7 Å². The lowest BCUT2D eigenvalue weighted by Crippen LogP contribution is -1.93. The molecule has 0 aliphatic carbocycles. The van der Waals surface area contributed by atoms with Gasteiger partial charge in [-0.25, -0.2) is 0 Å². The van der Waals surface area contributed by atoms with E-state index in [0.29, 0.717) is 0 Å². The molecular formula is C10H15N5S. The molecule has 5 nitrogen and oxygen atoms in total. The first-order chi connectivity index (χ1) is 7.61. The van der Waals surface area contributed by atoms with Crippen LogP contribution in [-0.2, 0) is 20.5 Å². The Morgan fingerprint density at radius 1 is 1.44 bits per heavy atom. The van der Waals surface area contributed by atoms with Gasteiger partial charge in [-0.15, -0.1) is 0 Å². The largest absolute Gasteiger partial charge is 0.395 e. The van der Waals surface area contributed by atoms with Crippen LogP contribution in [0.4, 0.5) is 5.69 Å². The van der Waals surface area contributed by atoms with Gasteiger partial charge in [0.25, 0.3) is 0 Å². The number of hydrogen-bond donors (Lipinski definition) is 1. The van der Waals surface area contributed by atoms with Crippen molar-refractivity contribution in [2.45, 2.75) is 23.3 Å². The first kappa shape index (κ1) is 11.1. The number of nitrogens with zero attached hydrogens (tertiary/aromatic N) is 4. The van der Waals surface area contributed by atoms with E-state index in [9.17, 15) is 0 Å². The van der Waals surface area contributed by atoms with E-state index < -0.39 is 0 Å². The molecule has 0 amide bonds. The third-order valence-corrected chi connectivity index (χ3v) is 3.46. The molecule has 0 aromatic carbocycles. The van der Waals surface area contributed by atoms with Gasteiger partial charge < -0.3 is 5.73 Å². The van der Waals surface area contributed by atoms with Gasteiger partial charge in [0.1, 0.15) is 5.03 Å². The molecule has 0 fully saturated rings. The van der Waals surface area contributed by atoms with Gasteiger partial charge in [-0.2, -0.15) is 10.2 Å². The van der Waals surface area contributed by atoms with Crippen molar-refractivity contribution >= 4 is 17.4 Å². The molecule has 2 rings (SSSR count). The van der Waals surface area contributed by atoms with Crippen molar-refractivity contribution in [1.82, 2.24) is 19.6 Å². The van der Waals surface area contributed by atoms with Crippen molar-refractivity contribution in [3.8, 4) is 0 Å². The number of aryl methyl sites for hydroxylation is 3. The molecule has 0 aliphatic heterocycles. The summed E-state index contributed by atoms with van der Waals surface area (Å²) < 4.78 is 3.60. The minimum Gasteiger partial charge on any atom is -0.395 e. The molecule has 2 aromatic rings. The quantitative estimate of drug-likeness (QED) is 0.877. The third-order valence-electron chi connectivity index (χ3n) is 2.34. The van der Waals surface area contributed by atoms with E-state index in [-0.39, 0.29) is 0 Å². The molecule has 0 spiro atoms. The van der Waals surface area contributed by atoms with Crippen molar-refractivity contribution in [1.29, 1.82) is 0 Å². The molecule has 0 radical (unpaired) electrons. The summed E-state index contributed by atoms with van der Waals surface area (Å²) in [6.07, 6.45) is 4.64. The molecule has 16 heavy (non-hydrogen) atoms. The zero-order chi connectivity index (χ0) is 11.7. The molecule has 0 atom stereocenters. The van der Waals surface area contributed by atoms with Crippen LogP contribution in [0.25, 0.3) is 0 Å². The van der Waals surface area contributed by atoms with Crippen molar-refractivity contribution in [3.05, 3.63) is 18.1 Å². The lowest BCUT2D eigenvalue weighted by atomic mass is 10.3. The van der Waals surface area contributed by atoms with Gasteiger partial charge in [0.2, 0.25) is 0 Å². The van der Waals surface area contributed by atoms with E-state index in [1.165, 1.54) is 0 Å². The number of rotatable bonds is 3. The Kier molecular flexibility index (Phi) is 2.91. The summed E-state index contributed by atoms with van der Waals surface area (Å²) in [7, 11) is 3.81. The fourth-order valence-electron chi connectivity index (χ4n) is 1.52. The minimum atomic E-state index is 0.777. The molecule has 2 N–H and O–H groups in total. The number of hydrogen-bond acceptors (Lipinski definition) is 4. The lowest BCUT2D eigenvalue weighted by molar-refractivity contribution is 0.687. The van der Waals surface area contributed by atoms with Gasteiger partial charge in [0, 0.05) is 20.3 Å². The average Bonchev–Trinajstić information content (AvgIpc) is 2.77. The predicted octanol–water partition coefficient (Wildman–Crippen LogP) is 1.45. The molecule has 0 bridgehead atoms. The molecule has 0 aliphatic rings. The van der Waals surface area contributed by atoms with Gasteiger partial charge in [0.15, 0.2) is 0 Å². The predicted molar refractivity (Wildman–Crippen MR) is 64.3 cm³/mol. The van der Waals surface area contributed by atoms with E-state index in [1.807, 2.05) is 31.2 Å². The lowest BCUT2D eigenvalue weighted by Gasteiger charge is -2.00. The highest BCUT2D eigenvalue weighted by atomic mass is 32.2. The van der Waals surface area contributed by atoms with E-state index in [4.69, 9.17) is 5.73 Å². The maximum Gasteiger partial charge on any atom is 0.122 e. The van der Waals surface area contributed by atoms with Crippen LogP contribution in [0.15, 0.2) is 22.3 Å². The van der Waals surface area contributed by atoms with Crippen LogP contribution in [0.2, 0.25) is 0 Å². The summed E-state index contributed by atoms with van der Waals surface area (Å²) in [5.74, 6) is 0. The smallest absolute Gasteiger partial charge is 0.122 e. The van der Waals surface area contributed by atoms with Gasteiger partial charge in [-0.05, 0) is 6.42 Å². The van der Waals surface area contributed by atoms with Gasteiger partial charge in [-0.3, -0.25) is 9.36 Å². The monoisotopic (exact) mass is 237 g/mol. The summed E-state index contributed by atoms with van der Waals surface area (Å²) in [5.41, 5.74) is 7.77. The number of aromatic nitrogens is 4. The highest BCUT2D eigenvalue weighted by molar-refractivity contribution is 7.99. The van der Waals surface area contributed by atoms with E-state index in [2.05, 4.69) is 17.1 Å². The second-order valence-corrected chi connectivity index (χ2v) is 4.66. The second kappa shape index (κ2) is 4.21. The summed E-state index contributed by atoms with van der Waals surface area (Å²) in [6.45, 7) is 2.05. The summed E-state index contributed by atoms with van der Waals surface area (Å²) in [4.78, 5) is 1.07. The first-order valence-electron chi connectivity index (χ1n) is 5.09. The van der Waals surface area contributed by atoms with Gasteiger partial charge in [0.05, 0.1) is 22.5 Å². The molecule has 2 heterocycles. The Labute approximate surface area is 98.6 Å². The summed E-state index contributed by atoms with van der Waals surface area (Å²) in [6, 6.07) is 0. The van der Waals surface area contributed by atoms with Crippen LogP contribution in [0.3, 0.4) is 0 Å². The highest BCUT2D eigenvalue weighted by Gasteiger charge is 2.13. The maximum atomic E-state index is 6.04. The Morgan fingerprint density at radius 3 is 2.69 bits per heavy atom. The minimum absolute atomic E-state index is 0.777. The normalized spacial score (nSPS) is 10.9. The summed E-state index contributed by atoms with van der Waals surface area (Å²) >= 11 is 1.59.